The van der Waals surface area contributed by atoms with Crippen LogP contribution in [0.15, 0.2) is 0 Å². The molecule has 1 saturated carbocycles. The minimum Gasteiger partial charge on any atom is -0.349 e. The minimum atomic E-state index is -0.627. The van der Waals surface area contributed by atoms with Gasteiger partial charge >= 0.3 is 0 Å². The number of rotatable bonds is 0. The summed E-state index contributed by atoms with van der Waals surface area (Å²) in [6.07, 6.45) is 4.24. The van der Waals surface area contributed by atoms with Crippen LogP contribution in [0.3, 0.4) is 0 Å². The summed E-state index contributed by atoms with van der Waals surface area (Å²) >= 11 is 0. The molecule has 0 aromatic carbocycles. The van der Waals surface area contributed by atoms with Gasteiger partial charge in [-0.1, -0.05) is 13.8 Å². The third kappa shape index (κ3) is 1.54. The van der Waals surface area contributed by atoms with E-state index in [2.05, 4.69) is 13.8 Å². The van der Waals surface area contributed by atoms with E-state index in [-0.39, 0.29) is 11.9 Å². The molecule has 0 N–H and O–H groups in total. The van der Waals surface area contributed by atoms with E-state index in [1.807, 2.05) is 6.92 Å². The lowest BCUT2D eigenvalue weighted by molar-refractivity contribution is -0.566. The minimum absolute atomic E-state index is 0.248. The van der Waals surface area contributed by atoms with Crippen LogP contribution < -0.4 is 0 Å². The van der Waals surface area contributed by atoms with E-state index in [1.54, 1.807) is 0 Å². The van der Waals surface area contributed by atoms with Crippen LogP contribution in [0.5, 0.6) is 0 Å². The molecule has 4 aliphatic heterocycles. The largest absolute Gasteiger partial charge is 0.349 e. The number of ether oxygens (including phenoxy) is 2. The Morgan fingerprint density at radius 2 is 1.74 bits per heavy atom. The van der Waals surface area contributed by atoms with Crippen molar-refractivity contribution in [3.8, 4) is 0 Å². The number of fused-ring (bicyclic) bond motifs is 2. The van der Waals surface area contributed by atoms with Gasteiger partial charge in [0.05, 0.1) is 6.61 Å². The fourth-order valence-electron chi connectivity index (χ4n) is 4.88. The molecule has 7 atom stereocenters. The first-order valence-corrected chi connectivity index (χ1v) is 7.71. The van der Waals surface area contributed by atoms with Gasteiger partial charge in [-0.25, -0.2) is 9.78 Å². The Kier molecular flexibility index (Phi) is 2.61. The maximum Gasteiger partial charge on any atom is 0.201 e. The van der Waals surface area contributed by atoms with E-state index in [9.17, 15) is 0 Å². The van der Waals surface area contributed by atoms with E-state index >= 15 is 0 Å². The number of hydrogen-bond donors (Lipinski definition) is 0. The van der Waals surface area contributed by atoms with Crippen LogP contribution in [0, 0.1) is 23.7 Å². The normalized spacial score (nSPS) is 60.5. The van der Waals surface area contributed by atoms with Crippen molar-refractivity contribution in [1.29, 1.82) is 0 Å². The first-order valence-electron chi connectivity index (χ1n) is 7.71. The molecular formula is C15H24O4. The summed E-state index contributed by atoms with van der Waals surface area (Å²) in [5, 5.41) is 0. The lowest BCUT2D eigenvalue weighted by Gasteiger charge is -2.58. The van der Waals surface area contributed by atoms with Crippen molar-refractivity contribution in [2.45, 2.75) is 64.1 Å². The molecule has 0 aromatic heterocycles. The topological polar surface area (TPSA) is 36.9 Å². The summed E-state index contributed by atoms with van der Waals surface area (Å²) < 4.78 is 12.2. The lowest BCUT2D eigenvalue weighted by Crippen LogP contribution is -2.68. The van der Waals surface area contributed by atoms with Crippen molar-refractivity contribution in [2.75, 3.05) is 6.61 Å². The van der Waals surface area contributed by atoms with E-state index < -0.39 is 5.79 Å². The third-order valence-corrected chi connectivity index (χ3v) is 5.97. The average Bonchev–Trinajstić information content (AvgIpc) is 2.61. The first kappa shape index (κ1) is 12.6. The van der Waals surface area contributed by atoms with Crippen LogP contribution in [-0.2, 0) is 19.2 Å². The molecule has 1 aliphatic carbocycles. The maximum atomic E-state index is 6.16. The monoisotopic (exact) mass is 268 g/mol. The summed E-state index contributed by atoms with van der Waals surface area (Å²) in [5.74, 6) is 1.53. The average molecular weight is 268 g/mol. The van der Waals surface area contributed by atoms with Gasteiger partial charge in [0.1, 0.15) is 0 Å². The van der Waals surface area contributed by atoms with E-state index in [1.165, 1.54) is 12.8 Å². The second kappa shape index (κ2) is 3.94. The van der Waals surface area contributed by atoms with Crippen LogP contribution in [0.2, 0.25) is 0 Å². The van der Waals surface area contributed by atoms with Gasteiger partial charge in [-0.05, 0) is 43.9 Å². The van der Waals surface area contributed by atoms with Gasteiger partial charge in [0.15, 0.2) is 11.9 Å². The summed E-state index contributed by atoms with van der Waals surface area (Å²) in [6.45, 7) is 7.36. The maximum absolute atomic E-state index is 6.16. The highest BCUT2D eigenvalue weighted by molar-refractivity contribution is 5.08. The molecule has 0 amide bonds. The lowest BCUT2D eigenvalue weighted by atomic mass is 9.58. The second-order valence-corrected chi connectivity index (χ2v) is 7.22. The molecular weight excluding hydrogens is 244 g/mol. The molecule has 5 fully saturated rings. The van der Waals surface area contributed by atoms with Crippen LogP contribution in [-0.4, -0.2) is 24.3 Å². The molecule has 2 bridgehead atoms. The molecule has 108 valence electrons. The third-order valence-electron chi connectivity index (χ3n) is 5.97. The van der Waals surface area contributed by atoms with Crippen molar-refractivity contribution in [1.82, 2.24) is 0 Å². The molecule has 2 unspecified atom stereocenters. The van der Waals surface area contributed by atoms with Crippen molar-refractivity contribution < 1.29 is 19.2 Å². The quantitative estimate of drug-likeness (QED) is 0.633. The zero-order valence-electron chi connectivity index (χ0n) is 12.1. The van der Waals surface area contributed by atoms with Gasteiger partial charge in [-0.2, -0.15) is 0 Å². The molecule has 19 heavy (non-hydrogen) atoms. The van der Waals surface area contributed by atoms with Crippen molar-refractivity contribution in [2.24, 2.45) is 23.7 Å². The predicted molar refractivity (Wildman–Crippen MR) is 67.9 cm³/mol. The SMILES string of the molecule is CC1CO[C@@H]2O[C@@]3(C)CCC4[C@H](C)CC[C@@H]1[C@]42OO3. The molecule has 4 heterocycles. The molecule has 0 radical (unpaired) electrons. The van der Waals surface area contributed by atoms with Gasteiger partial charge in [0.2, 0.25) is 5.79 Å². The second-order valence-electron chi connectivity index (χ2n) is 7.22. The highest BCUT2D eigenvalue weighted by Crippen LogP contribution is 2.59. The fraction of sp³-hybridized carbons (Fsp3) is 1.00. The van der Waals surface area contributed by atoms with Crippen LogP contribution in [0.25, 0.3) is 0 Å². The Morgan fingerprint density at radius 1 is 0.947 bits per heavy atom. The summed E-state index contributed by atoms with van der Waals surface area (Å²) in [5.41, 5.74) is -0.370. The van der Waals surface area contributed by atoms with Crippen molar-refractivity contribution in [3.05, 3.63) is 0 Å². The van der Waals surface area contributed by atoms with E-state index in [4.69, 9.17) is 19.2 Å². The van der Waals surface area contributed by atoms with Gasteiger partial charge in [-0.15, -0.1) is 0 Å². The Balaban J connectivity index is 1.81. The Labute approximate surface area is 114 Å². The zero-order chi connectivity index (χ0) is 13.3. The Hall–Kier alpha value is -0.160. The van der Waals surface area contributed by atoms with Gasteiger partial charge in [0.25, 0.3) is 0 Å². The molecule has 1 spiro atoms. The van der Waals surface area contributed by atoms with Crippen LogP contribution >= 0.6 is 0 Å². The molecule has 4 saturated heterocycles. The highest BCUT2D eigenvalue weighted by atomic mass is 17.3. The van der Waals surface area contributed by atoms with Crippen molar-refractivity contribution >= 4 is 0 Å². The molecule has 5 aliphatic rings. The Bertz CT molecular complexity index is 386. The summed E-state index contributed by atoms with van der Waals surface area (Å²) in [6, 6.07) is 0. The van der Waals surface area contributed by atoms with Crippen LogP contribution in [0.4, 0.5) is 0 Å². The Morgan fingerprint density at radius 3 is 2.58 bits per heavy atom. The summed E-state index contributed by atoms with van der Waals surface area (Å²) in [7, 11) is 0. The standard InChI is InChI=1S/C15H24O4/c1-9-4-5-11-10(2)8-16-13-15(11)12(9)6-7-14(3,17-13)18-19-15/h9-13H,4-8H2,1-3H3/t9-,10?,11+,12?,13-,14-,15+/m1/s1. The summed E-state index contributed by atoms with van der Waals surface area (Å²) in [4.78, 5) is 11.7. The molecule has 4 nitrogen and oxygen atoms in total. The smallest absolute Gasteiger partial charge is 0.201 e. The molecule has 5 rings (SSSR count). The first-order chi connectivity index (χ1) is 9.05. The van der Waals surface area contributed by atoms with E-state index in [0.717, 1.165) is 19.4 Å². The molecule has 4 heteroatoms. The predicted octanol–water partition coefficient (Wildman–Crippen LogP) is 2.87. The number of hydrogen-bond acceptors (Lipinski definition) is 4. The van der Waals surface area contributed by atoms with Crippen LogP contribution in [0.1, 0.15) is 46.5 Å². The molecule has 0 aromatic rings. The van der Waals surface area contributed by atoms with Gasteiger partial charge in [-0.3, -0.25) is 0 Å². The van der Waals surface area contributed by atoms with Gasteiger partial charge in [0, 0.05) is 12.3 Å². The van der Waals surface area contributed by atoms with Crippen molar-refractivity contribution in [3.63, 3.8) is 0 Å². The zero-order valence-corrected chi connectivity index (χ0v) is 12.1. The fourth-order valence-corrected chi connectivity index (χ4v) is 4.88. The van der Waals surface area contributed by atoms with E-state index in [0.29, 0.717) is 23.7 Å². The van der Waals surface area contributed by atoms with Gasteiger partial charge < -0.3 is 9.47 Å². The highest BCUT2D eigenvalue weighted by Gasteiger charge is 2.67.